The molecule has 0 atom stereocenters. The maximum absolute atomic E-state index is 11.0. The number of halogens is 1. The number of non-ortho nitro benzene ring substituents is 2. The van der Waals surface area contributed by atoms with Crippen LogP contribution in [0.3, 0.4) is 0 Å². The molecule has 3 rings (SSSR count). The molecular weight excluding hydrogens is 328 g/mol. The standard InChI is InChI=1S/C12H7ClN6O4/c13-7-3-10(14)12-16-15-11(17(12)5-7)6-1-8(18(20)21)4-9(2-6)19(22)23/h1-5H,14H2. The van der Waals surface area contributed by atoms with Gasteiger partial charge < -0.3 is 5.73 Å². The Labute approximate surface area is 132 Å². The lowest BCUT2D eigenvalue weighted by Gasteiger charge is -2.03. The van der Waals surface area contributed by atoms with E-state index in [4.69, 9.17) is 17.3 Å². The summed E-state index contributed by atoms with van der Waals surface area (Å²) >= 11 is 5.93. The van der Waals surface area contributed by atoms with Crippen LogP contribution in [0.4, 0.5) is 17.1 Å². The lowest BCUT2D eigenvalue weighted by Crippen LogP contribution is -1.97. The predicted molar refractivity (Wildman–Crippen MR) is 81.2 cm³/mol. The zero-order valence-corrected chi connectivity index (χ0v) is 12.0. The molecule has 23 heavy (non-hydrogen) atoms. The maximum Gasteiger partial charge on any atom is 0.277 e. The zero-order valence-electron chi connectivity index (χ0n) is 11.2. The predicted octanol–water partition coefficient (Wildman–Crippen LogP) is 2.45. The van der Waals surface area contributed by atoms with E-state index >= 15 is 0 Å². The van der Waals surface area contributed by atoms with E-state index in [1.165, 1.54) is 28.8 Å². The zero-order chi connectivity index (χ0) is 16.7. The maximum atomic E-state index is 11.0. The summed E-state index contributed by atoms with van der Waals surface area (Å²) in [7, 11) is 0. The van der Waals surface area contributed by atoms with E-state index in [1.807, 2.05) is 0 Å². The van der Waals surface area contributed by atoms with Gasteiger partial charge in [0, 0.05) is 23.9 Å². The van der Waals surface area contributed by atoms with Crippen molar-refractivity contribution in [3.63, 3.8) is 0 Å². The molecule has 0 aliphatic heterocycles. The molecule has 0 saturated carbocycles. The number of rotatable bonds is 3. The third-order valence-corrected chi connectivity index (χ3v) is 3.29. The molecule has 0 aliphatic carbocycles. The van der Waals surface area contributed by atoms with E-state index in [9.17, 15) is 20.2 Å². The molecule has 0 amide bonds. The van der Waals surface area contributed by atoms with Crippen molar-refractivity contribution in [2.45, 2.75) is 0 Å². The average molecular weight is 335 g/mol. The first-order valence-electron chi connectivity index (χ1n) is 6.11. The molecule has 3 aromatic rings. The number of anilines is 1. The Morgan fingerprint density at radius 2 is 1.65 bits per heavy atom. The molecule has 10 nitrogen and oxygen atoms in total. The molecule has 2 heterocycles. The van der Waals surface area contributed by atoms with Crippen LogP contribution in [0.2, 0.25) is 5.02 Å². The Hall–Kier alpha value is -3.27. The fraction of sp³-hybridized carbons (Fsp3) is 0. The summed E-state index contributed by atoms with van der Waals surface area (Å²) in [6.07, 6.45) is 1.47. The molecule has 1 aromatic carbocycles. The van der Waals surface area contributed by atoms with Crippen molar-refractivity contribution in [3.05, 3.63) is 55.7 Å². The molecule has 0 unspecified atom stereocenters. The van der Waals surface area contributed by atoms with Gasteiger partial charge in [0.05, 0.1) is 26.6 Å². The van der Waals surface area contributed by atoms with Gasteiger partial charge in [-0.1, -0.05) is 11.6 Å². The number of nitro benzene ring substituents is 2. The molecule has 0 radical (unpaired) electrons. The summed E-state index contributed by atoms with van der Waals surface area (Å²) in [5.74, 6) is 0.154. The third kappa shape index (κ3) is 2.51. The Bertz CT molecular complexity index is 937. The summed E-state index contributed by atoms with van der Waals surface area (Å²) in [6, 6.07) is 4.68. The first-order chi connectivity index (χ1) is 10.9. The monoisotopic (exact) mass is 334 g/mol. The summed E-state index contributed by atoms with van der Waals surface area (Å²) < 4.78 is 1.42. The van der Waals surface area contributed by atoms with Gasteiger partial charge in [0.2, 0.25) is 0 Å². The summed E-state index contributed by atoms with van der Waals surface area (Å²) in [5.41, 5.74) is 5.62. The fourth-order valence-corrected chi connectivity index (χ4v) is 2.33. The number of fused-ring (bicyclic) bond motifs is 1. The average Bonchev–Trinajstić information content (AvgIpc) is 2.90. The molecule has 0 saturated heterocycles. The van der Waals surface area contributed by atoms with Crippen LogP contribution in [0.5, 0.6) is 0 Å². The van der Waals surface area contributed by atoms with Crippen molar-refractivity contribution in [1.82, 2.24) is 14.6 Å². The molecule has 0 spiro atoms. The minimum Gasteiger partial charge on any atom is -0.396 e. The molecule has 2 N–H and O–H groups in total. The summed E-state index contributed by atoms with van der Waals surface area (Å²) in [6.45, 7) is 0. The lowest BCUT2D eigenvalue weighted by molar-refractivity contribution is -0.394. The largest absolute Gasteiger partial charge is 0.396 e. The van der Waals surface area contributed by atoms with Crippen LogP contribution < -0.4 is 5.73 Å². The number of aromatic nitrogens is 3. The first kappa shape index (κ1) is 14.7. The molecule has 0 fully saturated rings. The number of nitrogens with zero attached hydrogens (tertiary/aromatic N) is 5. The first-order valence-corrected chi connectivity index (χ1v) is 6.48. The van der Waals surface area contributed by atoms with Crippen LogP contribution >= 0.6 is 11.6 Å². The second-order valence-electron chi connectivity index (χ2n) is 4.58. The van der Waals surface area contributed by atoms with Crippen molar-refractivity contribution in [3.8, 4) is 11.4 Å². The second-order valence-corrected chi connectivity index (χ2v) is 5.02. The van der Waals surface area contributed by atoms with Gasteiger partial charge in [0.25, 0.3) is 11.4 Å². The normalized spacial score (nSPS) is 10.8. The molecule has 116 valence electrons. The van der Waals surface area contributed by atoms with E-state index in [0.717, 1.165) is 6.07 Å². The number of hydrogen-bond acceptors (Lipinski definition) is 7. The van der Waals surface area contributed by atoms with Gasteiger partial charge in [-0.2, -0.15) is 0 Å². The Morgan fingerprint density at radius 3 is 2.22 bits per heavy atom. The molecule has 2 aromatic heterocycles. The van der Waals surface area contributed by atoms with E-state index in [2.05, 4.69) is 10.2 Å². The highest BCUT2D eigenvalue weighted by atomic mass is 35.5. The smallest absolute Gasteiger partial charge is 0.277 e. The summed E-state index contributed by atoms with van der Waals surface area (Å²) in [4.78, 5) is 20.5. The number of benzene rings is 1. The van der Waals surface area contributed by atoms with Crippen molar-refractivity contribution < 1.29 is 9.85 Å². The van der Waals surface area contributed by atoms with Crippen LogP contribution in [0.1, 0.15) is 0 Å². The summed E-state index contributed by atoms with van der Waals surface area (Å²) in [5, 5.41) is 30.0. The highest BCUT2D eigenvalue weighted by Gasteiger charge is 2.20. The molecule has 0 aliphatic rings. The van der Waals surface area contributed by atoms with Crippen LogP contribution in [-0.4, -0.2) is 24.4 Å². The molecule has 11 heteroatoms. The Balaban J connectivity index is 2.30. The van der Waals surface area contributed by atoms with Crippen molar-refractivity contribution in [2.24, 2.45) is 0 Å². The number of nitro groups is 2. The Morgan fingerprint density at radius 1 is 1.04 bits per heavy atom. The van der Waals surface area contributed by atoms with Crippen LogP contribution in [0, 0.1) is 20.2 Å². The fourth-order valence-electron chi connectivity index (χ4n) is 2.12. The van der Waals surface area contributed by atoms with E-state index in [1.54, 1.807) is 0 Å². The van der Waals surface area contributed by atoms with E-state index in [0.29, 0.717) is 10.7 Å². The van der Waals surface area contributed by atoms with Gasteiger partial charge in [-0.25, -0.2) is 0 Å². The van der Waals surface area contributed by atoms with E-state index < -0.39 is 21.2 Å². The van der Waals surface area contributed by atoms with Gasteiger partial charge in [0.15, 0.2) is 11.5 Å². The van der Waals surface area contributed by atoms with Gasteiger partial charge in [-0.15, -0.1) is 10.2 Å². The van der Waals surface area contributed by atoms with Gasteiger partial charge in [0.1, 0.15) is 0 Å². The minimum absolute atomic E-state index is 0.153. The highest BCUT2D eigenvalue weighted by molar-refractivity contribution is 6.30. The quantitative estimate of drug-likeness (QED) is 0.572. The number of pyridine rings is 1. The third-order valence-electron chi connectivity index (χ3n) is 3.08. The number of nitrogens with two attached hydrogens (primary N) is 1. The lowest BCUT2D eigenvalue weighted by atomic mass is 10.1. The Kier molecular flexibility index (Phi) is 3.30. The minimum atomic E-state index is -0.721. The van der Waals surface area contributed by atoms with Crippen LogP contribution in [0.25, 0.3) is 17.0 Å². The second kappa shape index (κ2) is 5.18. The number of hydrogen-bond donors (Lipinski definition) is 1. The van der Waals surface area contributed by atoms with Crippen molar-refractivity contribution in [2.75, 3.05) is 5.73 Å². The number of nitrogen functional groups attached to an aromatic ring is 1. The SMILES string of the molecule is Nc1cc(Cl)cn2c(-c3cc([N+](=O)[O-])cc([N+](=O)[O-])c3)nnc12. The van der Waals surface area contributed by atoms with Crippen molar-refractivity contribution >= 4 is 34.3 Å². The highest BCUT2D eigenvalue weighted by Crippen LogP contribution is 2.30. The van der Waals surface area contributed by atoms with Crippen LogP contribution in [-0.2, 0) is 0 Å². The van der Waals surface area contributed by atoms with E-state index in [-0.39, 0.29) is 17.1 Å². The van der Waals surface area contributed by atoms with Crippen molar-refractivity contribution in [1.29, 1.82) is 0 Å². The molecular formula is C12H7ClN6O4. The van der Waals surface area contributed by atoms with Gasteiger partial charge >= 0.3 is 0 Å². The van der Waals surface area contributed by atoms with Gasteiger partial charge in [-0.05, 0) is 6.07 Å². The van der Waals surface area contributed by atoms with Crippen LogP contribution in [0.15, 0.2) is 30.5 Å². The van der Waals surface area contributed by atoms with Gasteiger partial charge in [-0.3, -0.25) is 24.6 Å². The molecule has 0 bridgehead atoms. The topological polar surface area (TPSA) is 142 Å².